The van der Waals surface area contributed by atoms with Crippen molar-refractivity contribution in [1.82, 2.24) is 0 Å². The fourth-order valence-electron chi connectivity index (χ4n) is 0.205. The second-order valence-corrected chi connectivity index (χ2v) is 1.71. The first-order chi connectivity index (χ1) is 5.31. The Morgan fingerprint density at radius 1 is 1.73 bits per heavy atom. The first-order valence-electron chi connectivity index (χ1n) is 3.29. The van der Waals surface area contributed by atoms with E-state index < -0.39 is 5.97 Å². The van der Waals surface area contributed by atoms with Crippen LogP contribution in [0.25, 0.3) is 0 Å². The molecule has 0 aromatic carbocycles. The van der Waals surface area contributed by atoms with Crippen molar-refractivity contribution in [3.8, 4) is 0 Å². The maximum absolute atomic E-state index is 10.1. The van der Waals surface area contributed by atoms with Crippen LogP contribution in [0.1, 0.15) is 0 Å². The molecule has 0 aromatic heterocycles. The Labute approximate surface area is 65.4 Å². The summed E-state index contributed by atoms with van der Waals surface area (Å²) in [6.07, 6.45) is 1.05. The smallest absolute Gasteiger partial charge is 0.330 e. The second-order valence-electron chi connectivity index (χ2n) is 1.71. The lowest BCUT2D eigenvalue weighted by atomic mass is 10.6. The van der Waals surface area contributed by atoms with Crippen molar-refractivity contribution in [1.29, 1.82) is 0 Å². The van der Waals surface area contributed by atoms with Gasteiger partial charge in [-0.1, -0.05) is 6.58 Å². The molecule has 64 valence electrons. The van der Waals surface area contributed by atoms with Gasteiger partial charge in [-0.15, -0.1) is 0 Å². The number of hydrogen-bond donors (Lipinski definition) is 1. The van der Waals surface area contributed by atoms with E-state index in [0.29, 0.717) is 0 Å². The Morgan fingerprint density at radius 2 is 2.27 bits per heavy atom. The number of esters is 1. The van der Waals surface area contributed by atoms with Gasteiger partial charge < -0.3 is 14.6 Å². The molecular formula is C7H12O4. The summed E-state index contributed by atoms with van der Waals surface area (Å²) in [5.74, 6) is -0.501. The average molecular weight is 160 g/mol. The normalized spacial score (nSPS) is 12.5. The minimum Gasteiger partial charge on any atom is -0.460 e. The molecule has 1 N–H and O–H groups in total. The number of carbonyl (C=O) groups excluding carboxylic acids is 1. The largest absolute Gasteiger partial charge is 0.460 e. The zero-order chi connectivity index (χ0) is 8.53. The quantitative estimate of drug-likeness (QED) is 0.350. The van der Waals surface area contributed by atoms with E-state index in [-0.39, 0.29) is 13.2 Å². The van der Waals surface area contributed by atoms with Crippen LogP contribution >= 0.6 is 0 Å². The van der Waals surface area contributed by atoms with E-state index in [4.69, 9.17) is 5.11 Å². The van der Waals surface area contributed by atoms with Gasteiger partial charge in [0.2, 0.25) is 0 Å². The van der Waals surface area contributed by atoms with Crippen LogP contribution in [-0.4, -0.2) is 37.5 Å². The molecule has 1 fully saturated rings. The highest BCUT2D eigenvalue weighted by atomic mass is 16.6. The van der Waals surface area contributed by atoms with Crippen molar-refractivity contribution in [2.45, 2.75) is 0 Å². The van der Waals surface area contributed by atoms with Crippen LogP contribution in [0.3, 0.4) is 0 Å². The molecule has 1 heterocycles. The van der Waals surface area contributed by atoms with Crippen LogP contribution in [0.2, 0.25) is 0 Å². The van der Waals surface area contributed by atoms with E-state index >= 15 is 0 Å². The third kappa shape index (κ3) is 12.4. The number of carbonyl (C=O) groups is 1. The summed E-state index contributed by atoms with van der Waals surface area (Å²) in [4.78, 5) is 10.1. The van der Waals surface area contributed by atoms with Gasteiger partial charge >= 0.3 is 5.97 Å². The number of ether oxygens (including phenoxy) is 2. The van der Waals surface area contributed by atoms with E-state index in [1.54, 1.807) is 0 Å². The summed E-state index contributed by atoms with van der Waals surface area (Å²) >= 11 is 0. The highest BCUT2D eigenvalue weighted by Gasteiger charge is 1.94. The number of rotatable bonds is 3. The molecule has 1 aliphatic heterocycles. The van der Waals surface area contributed by atoms with Gasteiger partial charge in [-0.25, -0.2) is 4.79 Å². The molecule has 1 saturated heterocycles. The Morgan fingerprint density at radius 3 is 2.55 bits per heavy atom. The van der Waals surface area contributed by atoms with Gasteiger partial charge in [0.1, 0.15) is 6.61 Å². The van der Waals surface area contributed by atoms with Gasteiger partial charge in [0.15, 0.2) is 0 Å². The Bertz CT molecular complexity index is 117. The van der Waals surface area contributed by atoms with Gasteiger partial charge in [0, 0.05) is 6.08 Å². The summed E-state index contributed by atoms with van der Waals surface area (Å²) in [6, 6.07) is 0. The third-order valence-corrected chi connectivity index (χ3v) is 0.706. The van der Waals surface area contributed by atoms with Crippen LogP contribution in [0.15, 0.2) is 12.7 Å². The minimum atomic E-state index is -0.501. The fourth-order valence-corrected chi connectivity index (χ4v) is 0.205. The predicted molar refractivity (Wildman–Crippen MR) is 39.1 cm³/mol. The van der Waals surface area contributed by atoms with E-state index in [2.05, 4.69) is 16.1 Å². The Balaban J connectivity index is 0.000000271. The van der Waals surface area contributed by atoms with Crippen LogP contribution in [0, 0.1) is 0 Å². The van der Waals surface area contributed by atoms with Crippen LogP contribution < -0.4 is 0 Å². The van der Waals surface area contributed by atoms with Gasteiger partial charge in [0.05, 0.1) is 19.8 Å². The molecule has 1 rings (SSSR count). The first kappa shape index (κ1) is 10.1. The Kier molecular flexibility index (Phi) is 6.67. The second kappa shape index (κ2) is 7.24. The maximum atomic E-state index is 10.1. The summed E-state index contributed by atoms with van der Waals surface area (Å²) in [5.41, 5.74) is 0. The van der Waals surface area contributed by atoms with Crippen molar-refractivity contribution >= 4 is 5.97 Å². The number of hydrogen-bond acceptors (Lipinski definition) is 4. The molecule has 11 heavy (non-hydrogen) atoms. The molecule has 0 bridgehead atoms. The third-order valence-electron chi connectivity index (χ3n) is 0.706. The van der Waals surface area contributed by atoms with E-state index in [1.807, 2.05) is 0 Å². The molecule has 0 unspecified atom stereocenters. The number of aliphatic hydroxyl groups is 1. The zero-order valence-electron chi connectivity index (χ0n) is 6.28. The van der Waals surface area contributed by atoms with Gasteiger partial charge in [-0.2, -0.15) is 0 Å². The van der Waals surface area contributed by atoms with E-state index in [0.717, 1.165) is 19.3 Å². The first-order valence-corrected chi connectivity index (χ1v) is 3.29. The molecule has 0 atom stereocenters. The summed E-state index contributed by atoms with van der Waals surface area (Å²) in [7, 11) is 0. The lowest BCUT2D eigenvalue weighted by Gasteiger charge is -1.94. The molecular weight excluding hydrogens is 148 g/mol. The van der Waals surface area contributed by atoms with Gasteiger partial charge in [-0.3, -0.25) is 0 Å². The minimum absolute atomic E-state index is 0.0465. The van der Waals surface area contributed by atoms with E-state index in [1.165, 1.54) is 0 Å². The van der Waals surface area contributed by atoms with Gasteiger partial charge in [0.25, 0.3) is 0 Å². The lowest BCUT2D eigenvalue weighted by molar-refractivity contribution is -0.138. The van der Waals surface area contributed by atoms with E-state index in [9.17, 15) is 4.79 Å². The molecule has 0 amide bonds. The number of aliphatic hydroxyl groups excluding tert-OH is 1. The lowest BCUT2D eigenvalue weighted by Crippen LogP contribution is -2.04. The fraction of sp³-hybridized carbons (Fsp3) is 0.571. The van der Waals surface area contributed by atoms with Crippen LogP contribution in [-0.2, 0) is 14.3 Å². The molecule has 0 radical (unpaired) electrons. The van der Waals surface area contributed by atoms with Crippen LogP contribution in [0.4, 0.5) is 0 Å². The van der Waals surface area contributed by atoms with Crippen molar-refractivity contribution in [2.75, 3.05) is 26.4 Å². The SMILES string of the molecule is C1CO1.C=CC(=O)OCCO. The average Bonchev–Trinajstić information content (AvgIpc) is 2.85. The van der Waals surface area contributed by atoms with Crippen molar-refractivity contribution in [3.05, 3.63) is 12.7 Å². The zero-order valence-corrected chi connectivity index (χ0v) is 6.28. The highest BCUT2D eigenvalue weighted by molar-refractivity contribution is 5.81. The standard InChI is InChI=1S/C5H8O3.C2H4O/c1-2-5(7)8-4-3-6;1-2-3-1/h2,6H,1,3-4H2;1-2H2. The van der Waals surface area contributed by atoms with Crippen molar-refractivity contribution in [2.24, 2.45) is 0 Å². The molecule has 0 aromatic rings. The maximum Gasteiger partial charge on any atom is 0.330 e. The molecule has 0 spiro atoms. The van der Waals surface area contributed by atoms with Gasteiger partial charge in [-0.05, 0) is 0 Å². The molecule has 0 saturated carbocycles. The molecule has 1 aliphatic rings. The summed E-state index contributed by atoms with van der Waals surface area (Å²) in [5, 5.41) is 8.10. The van der Waals surface area contributed by atoms with Crippen molar-refractivity contribution in [3.63, 3.8) is 0 Å². The topological polar surface area (TPSA) is 59.1 Å². The molecule has 4 nitrogen and oxygen atoms in total. The predicted octanol–water partition coefficient (Wildman–Crippen LogP) is -0.276. The summed E-state index contributed by atoms with van der Waals surface area (Å²) in [6.45, 7) is 5.06. The summed E-state index contributed by atoms with van der Waals surface area (Å²) < 4.78 is 8.83. The Hall–Kier alpha value is -0.870. The van der Waals surface area contributed by atoms with Crippen molar-refractivity contribution < 1.29 is 19.4 Å². The number of epoxide rings is 1. The monoisotopic (exact) mass is 160 g/mol. The molecule has 4 heteroatoms. The van der Waals surface area contributed by atoms with Crippen LogP contribution in [0.5, 0.6) is 0 Å². The highest BCUT2D eigenvalue weighted by Crippen LogP contribution is 1.84. The molecule has 0 aliphatic carbocycles.